The van der Waals surface area contributed by atoms with Crippen LogP contribution in [0, 0.1) is 0 Å². The Morgan fingerprint density at radius 1 is 1.26 bits per heavy atom. The van der Waals surface area contributed by atoms with Gasteiger partial charge in [0.25, 0.3) is 0 Å². The van der Waals surface area contributed by atoms with Crippen molar-refractivity contribution in [3.63, 3.8) is 0 Å². The molecule has 1 aliphatic heterocycles. The zero-order chi connectivity index (χ0) is 13.2. The number of aromatic nitrogens is 2. The Hall–Kier alpha value is -1.65. The maximum atomic E-state index is 5.84. The van der Waals surface area contributed by atoms with E-state index < -0.39 is 0 Å². The van der Waals surface area contributed by atoms with E-state index in [9.17, 15) is 0 Å². The van der Waals surface area contributed by atoms with Gasteiger partial charge in [-0.3, -0.25) is 9.58 Å². The first-order valence-corrected chi connectivity index (χ1v) is 6.78. The van der Waals surface area contributed by atoms with E-state index in [0.717, 1.165) is 26.1 Å². The first kappa shape index (κ1) is 12.4. The molecule has 1 aromatic carbocycles. The van der Waals surface area contributed by atoms with Crippen LogP contribution in [0.3, 0.4) is 0 Å². The van der Waals surface area contributed by atoms with Gasteiger partial charge in [0.15, 0.2) is 0 Å². The second-order valence-corrected chi connectivity index (χ2v) is 5.15. The van der Waals surface area contributed by atoms with Crippen LogP contribution >= 0.6 is 0 Å². The van der Waals surface area contributed by atoms with E-state index >= 15 is 0 Å². The molecule has 2 N–H and O–H groups in total. The number of nitrogens with two attached hydrogens (primary N) is 1. The molecule has 0 fully saturated rings. The van der Waals surface area contributed by atoms with Crippen LogP contribution in [-0.2, 0) is 33.1 Å². The molecular formula is C15H20N4. The summed E-state index contributed by atoms with van der Waals surface area (Å²) in [5, 5.41) is 4.57. The molecule has 0 spiro atoms. The molecule has 0 amide bonds. The van der Waals surface area contributed by atoms with Crippen LogP contribution in [0.5, 0.6) is 0 Å². The van der Waals surface area contributed by atoms with Crippen molar-refractivity contribution in [3.05, 3.63) is 52.8 Å². The van der Waals surface area contributed by atoms with Crippen LogP contribution in [0.1, 0.15) is 22.5 Å². The zero-order valence-electron chi connectivity index (χ0n) is 11.3. The standard InChI is InChI=1S/C15H20N4/c1-18-15(9-16)13-11-19(8-7-14(13)17-18)10-12-5-3-2-4-6-12/h2-6H,7-11,16H2,1H3. The van der Waals surface area contributed by atoms with Gasteiger partial charge in [0, 0.05) is 45.2 Å². The van der Waals surface area contributed by atoms with Crippen molar-refractivity contribution in [1.29, 1.82) is 0 Å². The van der Waals surface area contributed by atoms with E-state index in [0.29, 0.717) is 6.54 Å². The molecule has 100 valence electrons. The highest BCUT2D eigenvalue weighted by Gasteiger charge is 2.22. The minimum atomic E-state index is 0.567. The third-order valence-corrected chi connectivity index (χ3v) is 3.85. The summed E-state index contributed by atoms with van der Waals surface area (Å²) in [6.45, 7) is 3.60. The van der Waals surface area contributed by atoms with Crippen molar-refractivity contribution < 1.29 is 0 Å². The summed E-state index contributed by atoms with van der Waals surface area (Å²) in [6.07, 6.45) is 1.02. The van der Waals surface area contributed by atoms with E-state index in [2.05, 4.69) is 40.3 Å². The fraction of sp³-hybridized carbons (Fsp3) is 0.400. The molecule has 0 radical (unpaired) electrons. The SMILES string of the molecule is Cn1nc2c(c1CN)CN(Cc1ccccc1)CC2. The van der Waals surface area contributed by atoms with Crippen molar-refractivity contribution in [2.24, 2.45) is 12.8 Å². The predicted molar refractivity (Wildman–Crippen MR) is 75.4 cm³/mol. The van der Waals surface area contributed by atoms with E-state index in [1.54, 1.807) is 0 Å². The molecule has 2 aromatic rings. The van der Waals surface area contributed by atoms with Gasteiger partial charge in [-0.05, 0) is 5.56 Å². The van der Waals surface area contributed by atoms with E-state index in [1.807, 2.05) is 11.7 Å². The van der Waals surface area contributed by atoms with Gasteiger partial charge < -0.3 is 5.73 Å². The lowest BCUT2D eigenvalue weighted by molar-refractivity contribution is 0.244. The highest BCUT2D eigenvalue weighted by atomic mass is 15.3. The third-order valence-electron chi connectivity index (χ3n) is 3.85. The van der Waals surface area contributed by atoms with Crippen molar-refractivity contribution in [2.45, 2.75) is 26.1 Å². The summed E-state index contributed by atoms with van der Waals surface area (Å²) in [5.74, 6) is 0. The summed E-state index contributed by atoms with van der Waals surface area (Å²) in [5.41, 5.74) is 10.9. The van der Waals surface area contributed by atoms with Crippen LogP contribution in [0.15, 0.2) is 30.3 Å². The summed E-state index contributed by atoms with van der Waals surface area (Å²) >= 11 is 0. The quantitative estimate of drug-likeness (QED) is 0.904. The molecule has 0 saturated heterocycles. The molecule has 4 heteroatoms. The summed E-state index contributed by atoms with van der Waals surface area (Å²) in [4.78, 5) is 2.47. The number of fused-ring (bicyclic) bond motifs is 1. The highest BCUT2D eigenvalue weighted by Crippen LogP contribution is 2.22. The van der Waals surface area contributed by atoms with Crippen molar-refractivity contribution >= 4 is 0 Å². The molecule has 0 saturated carbocycles. The molecule has 0 atom stereocenters. The summed E-state index contributed by atoms with van der Waals surface area (Å²) < 4.78 is 1.94. The number of hydrogen-bond acceptors (Lipinski definition) is 3. The van der Waals surface area contributed by atoms with Crippen LogP contribution in [0.25, 0.3) is 0 Å². The Bertz CT molecular complexity index is 559. The van der Waals surface area contributed by atoms with Gasteiger partial charge in [0.1, 0.15) is 0 Å². The van der Waals surface area contributed by atoms with Crippen LogP contribution in [0.2, 0.25) is 0 Å². The molecule has 0 aliphatic carbocycles. The molecule has 0 bridgehead atoms. The first-order chi connectivity index (χ1) is 9.28. The first-order valence-electron chi connectivity index (χ1n) is 6.78. The molecule has 4 nitrogen and oxygen atoms in total. The number of benzene rings is 1. The lowest BCUT2D eigenvalue weighted by Crippen LogP contribution is -2.30. The number of aryl methyl sites for hydroxylation is 1. The molecule has 19 heavy (non-hydrogen) atoms. The fourth-order valence-electron chi connectivity index (χ4n) is 2.85. The molecule has 2 heterocycles. The third kappa shape index (κ3) is 2.41. The van der Waals surface area contributed by atoms with Gasteiger partial charge in [-0.15, -0.1) is 0 Å². The van der Waals surface area contributed by atoms with Gasteiger partial charge in [-0.2, -0.15) is 5.10 Å². The minimum Gasteiger partial charge on any atom is -0.325 e. The van der Waals surface area contributed by atoms with Gasteiger partial charge in [0.05, 0.1) is 11.4 Å². The average molecular weight is 256 g/mol. The van der Waals surface area contributed by atoms with Crippen molar-refractivity contribution in [2.75, 3.05) is 6.54 Å². The zero-order valence-corrected chi connectivity index (χ0v) is 11.3. The minimum absolute atomic E-state index is 0.567. The summed E-state index contributed by atoms with van der Waals surface area (Å²) in [6, 6.07) is 10.6. The second kappa shape index (κ2) is 5.15. The maximum absolute atomic E-state index is 5.84. The molecular weight excluding hydrogens is 236 g/mol. The van der Waals surface area contributed by atoms with Crippen LogP contribution in [0.4, 0.5) is 0 Å². The molecule has 1 aliphatic rings. The second-order valence-electron chi connectivity index (χ2n) is 5.15. The van der Waals surface area contributed by atoms with E-state index in [-0.39, 0.29) is 0 Å². The Labute approximate surface area is 113 Å². The highest BCUT2D eigenvalue weighted by molar-refractivity contribution is 5.29. The smallest absolute Gasteiger partial charge is 0.0685 e. The van der Waals surface area contributed by atoms with E-state index in [1.165, 1.54) is 22.5 Å². The summed E-state index contributed by atoms with van der Waals surface area (Å²) in [7, 11) is 1.99. The predicted octanol–water partition coefficient (Wildman–Crippen LogP) is 1.44. The van der Waals surface area contributed by atoms with Crippen molar-refractivity contribution in [3.8, 4) is 0 Å². The molecule has 0 unspecified atom stereocenters. The number of hydrogen-bond donors (Lipinski definition) is 1. The largest absolute Gasteiger partial charge is 0.325 e. The van der Waals surface area contributed by atoms with Crippen LogP contribution < -0.4 is 5.73 Å². The van der Waals surface area contributed by atoms with E-state index in [4.69, 9.17) is 5.73 Å². The van der Waals surface area contributed by atoms with Gasteiger partial charge >= 0.3 is 0 Å². The van der Waals surface area contributed by atoms with Gasteiger partial charge in [-0.25, -0.2) is 0 Å². The lowest BCUT2D eigenvalue weighted by atomic mass is 10.0. The maximum Gasteiger partial charge on any atom is 0.0685 e. The number of rotatable bonds is 3. The Kier molecular flexibility index (Phi) is 3.36. The number of nitrogens with zero attached hydrogens (tertiary/aromatic N) is 3. The molecule has 1 aromatic heterocycles. The van der Waals surface area contributed by atoms with Crippen LogP contribution in [-0.4, -0.2) is 21.2 Å². The molecule has 3 rings (SSSR count). The lowest BCUT2D eigenvalue weighted by Gasteiger charge is -2.26. The van der Waals surface area contributed by atoms with Gasteiger partial charge in [0.2, 0.25) is 0 Å². The normalized spacial score (nSPS) is 15.5. The average Bonchev–Trinajstić information content (AvgIpc) is 2.74. The monoisotopic (exact) mass is 256 g/mol. The fourth-order valence-corrected chi connectivity index (χ4v) is 2.85. The topological polar surface area (TPSA) is 47.1 Å². The Morgan fingerprint density at radius 3 is 2.79 bits per heavy atom. The Balaban J connectivity index is 1.78. The Morgan fingerprint density at radius 2 is 2.05 bits per heavy atom. The van der Waals surface area contributed by atoms with Gasteiger partial charge in [-0.1, -0.05) is 30.3 Å². The van der Waals surface area contributed by atoms with Crippen molar-refractivity contribution in [1.82, 2.24) is 14.7 Å².